The first kappa shape index (κ1) is 21.0. The van der Waals surface area contributed by atoms with E-state index in [1.54, 1.807) is 4.90 Å². The normalized spacial score (nSPS) is 15.2. The lowest BCUT2D eigenvalue weighted by atomic mass is 10.0. The number of benzene rings is 2. The van der Waals surface area contributed by atoms with E-state index in [0.717, 1.165) is 23.3 Å². The monoisotopic (exact) mass is 430 g/mol. The number of aryl methyl sites for hydroxylation is 1. The van der Waals surface area contributed by atoms with Crippen LogP contribution in [0, 0.1) is 6.92 Å². The van der Waals surface area contributed by atoms with Crippen LogP contribution in [0.15, 0.2) is 59.3 Å². The number of rotatable bonds is 4. The maximum atomic E-state index is 13.0. The molecule has 0 bridgehead atoms. The van der Waals surface area contributed by atoms with Crippen LogP contribution in [0.4, 0.5) is 13.2 Å². The second kappa shape index (κ2) is 8.45. The highest BCUT2D eigenvalue weighted by Crippen LogP contribution is 2.31. The minimum absolute atomic E-state index is 0.162. The van der Waals surface area contributed by atoms with Crippen LogP contribution in [0.1, 0.15) is 34.3 Å². The number of aromatic nitrogens is 1. The number of nitrogens with zero attached hydrogens (tertiary/aromatic N) is 2. The van der Waals surface area contributed by atoms with Crippen molar-refractivity contribution in [2.75, 3.05) is 13.1 Å². The van der Waals surface area contributed by atoms with Gasteiger partial charge in [0, 0.05) is 31.5 Å². The van der Waals surface area contributed by atoms with E-state index < -0.39 is 11.7 Å². The molecule has 31 heavy (non-hydrogen) atoms. The van der Waals surface area contributed by atoms with E-state index in [0.29, 0.717) is 43.0 Å². The molecule has 0 aliphatic carbocycles. The molecule has 2 aromatic carbocycles. The number of alkyl halides is 3. The third-order valence-electron chi connectivity index (χ3n) is 5.33. The Hall–Kier alpha value is -3.29. The summed E-state index contributed by atoms with van der Waals surface area (Å²) in [5.41, 5.74) is 1.59. The average Bonchev–Trinajstić information content (AvgIpc) is 3.24. The fourth-order valence-electron chi connectivity index (χ4n) is 3.57. The number of hydrogen-bond acceptors (Lipinski definition) is 4. The number of halogens is 3. The predicted octanol–water partition coefficient (Wildman–Crippen LogP) is 5.35. The summed E-state index contributed by atoms with van der Waals surface area (Å²) in [4.78, 5) is 14.7. The molecule has 3 aromatic rings. The Morgan fingerprint density at radius 2 is 1.71 bits per heavy atom. The summed E-state index contributed by atoms with van der Waals surface area (Å²) in [5.74, 6) is 0.663. The van der Waals surface area contributed by atoms with Crippen molar-refractivity contribution < 1.29 is 27.2 Å². The van der Waals surface area contributed by atoms with Gasteiger partial charge in [0.2, 0.25) is 0 Å². The van der Waals surface area contributed by atoms with Crippen molar-refractivity contribution in [2.24, 2.45) is 0 Å². The van der Waals surface area contributed by atoms with Gasteiger partial charge in [-0.15, -0.1) is 0 Å². The molecule has 162 valence electrons. The van der Waals surface area contributed by atoms with E-state index in [1.165, 1.54) is 18.3 Å². The summed E-state index contributed by atoms with van der Waals surface area (Å²) in [5, 5.41) is 3.80. The number of likely N-dealkylation sites (tertiary alicyclic amines) is 1. The van der Waals surface area contributed by atoms with Crippen molar-refractivity contribution in [1.82, 2.24) is 10.1 Å². The van der Waals surface area contributed by atoms with Gasteiger partial charge >= 0.3 is 6.18 Å². The van der Waals surface area contributed by atoms with Gasteiger partial charge in [-0.2, -0.15) is 13.2 Å². The van der Waals surface area contributed by atoms with Crippen LogP contribution >= 0.6 is 0 Å². The number of amides is 1. The molecule has 1 aliphatic rings. The molecule has 0 N–H and O–H groups in total. The van der Waals surface area contributed by atoms with Crippen molar-refractivity contribution in [1.29, 1.82) is 0 Å². The maximum absolute atomic E-state index is 13.0. The van der Waals surface area contributed by atoms with Gasteiger partial charge in [-0.05, 0) is 31.2 Å². The highest BCUT2D eigenvalue weighted by atomic mass is 19.4. The second-order valence-electron chi connectivity index (χ2n) is 7.57. The first-order valence-corrected chi connectivity index (χ1v) is 9.96. The van der Waals surface area contributed by atoms with Crippen LogP contribution in [0.3, 0.4) is 0 Å². The molecule has 0 radical (unpaired) electrons. The van der Waals surface area contributed by atoms with Crippen molar-refractivity contribution in [2.45, 2.75) is 32.0 Å². The van der Waals surface area contributed by atoms with Crippen LogP contribution in [-0.4, -0.2) is 35.2 Å². The number of hydrogen-bond donors (Lipinski definition) is 0. The first-order valence-electron chi connectivity index (χ1n) is 9.96. The number of carbonyl (C=O) groups excluding carboxylic acids is 1. The minimum atomic E-state index is -4.37. The van der Waals surface area contributed by atoms with Crippen LogP contribution in [-0.2, 0) is 6.18 Å². The van der Waals surface area contributed by atoms with E-state index >= 15 is 0 Å². The molecule has 4 rings (SSSR count). The molecule has 0 saturated carbocycles. The Morgan fingerprint density at radius 1 is 1.06 bits per heavy atom. The van der Waals surface area contributed by atoms with Gasteiger partial charge < -0.3 is 14.2 Å². The molecule has 0 spiro atoms. The smallest absolute Gasteiger partial charge is 0.416 e. The van der Waals surface area contributed by atoms with E-state index in [9.17, 15) is 18.0 Å². The van der Waals surface area contributed by atoms with Gasteiger partial charge in [-0.3, -0.25) is 4.79 Å². The zero-order chi connectivity index (χ0) is 22.0. The topological polar surface area (TPSA) is 55.6 Å². The molecule has 1 amide bonds. The molecular weight excluding hydrogens is 409 g/mol. The van der Waals surface area contributed by atoms with Crippen molar-refractivity contribution in [3.63, 3.8) is 0 Å². The van der Waals surface area contributed by atoms with Crippen LogP contribution in [0.2, 0.25) is 0 Å². The van der Waals surface area contributed by atoms with Gasteiger partial charge in [0.1, 0.15) is 17.4 Å². The molecule has 2 heterocycles. The van der Waals surface area contributed by atoms with Crippen LogP contribution in [0.5, 0.6) is 5.75 Å². The zero-order valence-electron chi connectivity index (χ0n) is 16.9. The Morgan fingerprint density at radius 3 is 2.32 bits per heavy atom. The summed E-state index contributed by atoms with van der Waals surface area (Å²) < 4.78 is 49.2. The van der Waals surface area contributed by atoms with E-state index in [4.69, 9.17) is 9.26 Å². The number of piperidine rings is 1. The predicted molar refractivity (Wildman–Crippen MR) is 108 cm³/mol. The average molecular weight is 430 g/mol. The Balaban J connectivity index is 1.37. The molecular formula is C23H21F3N2O3. The highest BCUT2D eigenvalue weighted by molar-refractivity contribution is 5.99. The lowest BCUT2D eigenvalue weighted by Crippen LogP contribution is -2.41. The summed E-state index contributed by atoms with van der Waals surface area (Å²) in [7, 11) is 0. The maximum Gasteiger partial charge on any atom is 0.416 e. The third-order valence-corrected chi connectivity index (χ3v) is 5.33. The third kappa shape index (κ3) is 4.73. The molecule has 1 fully saturated rings. The number of ether oxygens (including phenoxy) is 1. The molecule has 8 heteroatoms. The van der Waals surface area contributed by atoms with Crippen molar-refractivity contribution in [3.05, 3.63) is 71.4 Å². The molecule has 0 unspecified atom stereocenters. The van der Waals surface area contributed by atoms with Crippen LogP contribution in [0.25, 0.3) is 11.3 Å². The second-order valence-corrected chi connectivity index (χ2v) is 7.57. The SMILES string of the molecule is Cc1ccc(-c2oncc2C(=O)N2CCC(Oc3ccc(C(F)(F)F)cc3)CC2)cc1. The lowest BCUT2D eigenvalue weighted by molar-refractivity contribution is -0.137. The molecule has 0 atom stereocenters. The molecule has 1 saturated heterocycles. The Bertz CT molecular complexity index is 1040. The molecule has 1 aliphatic heterocycles. The van der Waals surface area contributed by atoms with Gasteiger partial charge in [0.05, 0.1) is 11.8 Å². The summed E-state index contributed by atoms with van der Waals surface area (Å²) in [6, 6.07) is 12.3. The minimum Gasteiger partial charge on any atom is -0.490 e. The number of carbonyl (C=O) groups is 1. The summed E-state index contributed by atoms with van der Waals surface area (Å²) in [6.07, 6.45) is -1.94. The summed E-state index contributed by atoms with van der Waals surface area (Å²) in [6.45, 7) is 2.93. The first-order chi connectivity index (χ1) is 14.8. The largest absolute Gasteiger partial charge is 0.490 e. The van der Waals surface area contributed by atoms with Crippen molar-refractivity contribution >= 4 is 5.91 Å². The van der Waals surface area contributed by atoms with Gasteiger partial charge in [0.25, 0.3) is 5.91 Å². The fraction of sp³-hybridized carbons (Fsp3) is 0.304. The standard InChI is InChI=1S/C23H21F3N2O3/c1-15-2-4-16(5-3-15)21-20(14-27-31-21)22(29)28-12-10-19(11-13-28)30-18-8-6-17(7-9-18)23(24,25)26/h2-9,14,19H,10-13H2,1H3. The van der Waals surface area contributed by atoms with E-state index in [-0.39, 0.29) is 12.0 Å². The zero-order valence-corrected chi connectivity index (χ0v) is 16.9. The lowest BCUT2D eigenvalue weighted by Gasteiger charge is -2.32. The summed E-state index contributed by atoms with van der Waals surface area (Å²) >= 11 is 0. The van der Waals surface area contributed by atoms with Gasteiger partial charge in [-0.1, -0.05) is 35.0 Å². The fourth-order valence-corrected chi connectivity index (χ4v) is 3.57. The van der Waals surface area contributed by atoms with E-state index in [1.807, 2.05) is 31.2 Å². The van der Waals surface area contributed by atoms with E-state index in [2.05, 4.69) is 5.16 Å². The molecule has 5 nitrogen and oxygen atoms in total. The highest BCUT2D eigenvalue weighted by Gasteiger charge is 2.31. The van der Waals surface area contributed by atoms with Crippen LogP contribution < -0.4 is 4.74 Å². The van der Waals surface area contributed by atoms with Gasteiger partial charge in [0.15, 0.2) is 5.76 Å². The Labute approximate surface area is 177 Å². The van der Waals surface area contributed by atoms with Crippen molar-refractivity contribution in [3.8, 4) is 17.1 Å². The Kier molecular flexibility index (Phi) is 5.71. The molecule has 1 aromatic heterocycles. The van der Waals surface area contributed by atoms with Gasteiger partial charge in [-0.25, -0.2) is 0 Å². The quantitative estimate of drug-likeness (QED) is 0.560.